The third-order valence-corrected chi connectivity index (χ3v) is 1.95. The van der Waals surface area contributed by atoms with Gasteiger partial charge in [-0.05, 0) is 24.5 Å². The van der Waals surface area contributed by atoms with Gasteiger partial charge in [-0.3, -0.25) is 4.79 Å². The number of ketones is 1. The van der Waals surface area contributed by atoms with Crippen molar-refractivity contribution in [3.8, 4) is 0 Å². The molecule has 1 aliphatic carbocycles. The second-order valence-corrected chi connectivity index (χ2v) is 2.99. The lowest BCUT2D eigenvalue weighted by atomic mass is 10.1. The highest BCUT2D eigenvalue weighted by atomic mass is 16.3. The number of carbonyl (C=O) groups is 1. The number of aliphatic hydroxyl groups excluding tert-OH is 1. The van der Waals surface area contributed by atoms with E-state index in [1.54, 1.807) is 6.08 Å². The van der Waals surface area contributed by atoms with Gasteiger partial charge in [-0.15, -0.1) is 0 Å². The van der Waals surface area contributed by atoms with Gasteiger partial charge in [0.05, 0.1) is 6.10 Å². The van der Waals surface area contributed by atoms with Gasteiger partial charge < -0.3 is 5.11 Å². The fourth-order valence-corrected chi connectivity index (χ4v) is 1.30. The molecule has 0 saturated carbocycles. The number of aliphatic hydroxyl groups is 1. The zero-order valence-electron chi connectivity index (χ0n) is 6.84. The third-order valence-electron chi connectivity index (χ3n) is 1.95. The molecule has 11 heavy (non-hydrogen) atoms. The van der Waals surface area contributed by atoms with Gasteiger partial charge in [-0.25, -0.2) is 0 Å². The van der Waals surface area contributed by atoms with Crippen molar-refractivity contribution in [2.75, 3.05) is 0 Å². The molecule has 1 aliphatic rings. The maximum absolute atomic E-state index is 11.1. The molecule has 1 N–H and O–H groups in total. The van der Waals surface area contributed by atoms with Gasteiger partial charge in [-0.2, -0.15) is 0 Å². The number of Topliss-reactive ketones (excluding diaryl/α,β-unsaturated/α-hetero) is 1. The molecule has 62 valence electrons. The van der Waals surface area contributed by atoms with Crippen LogP contribution in [0.3, 0.4) is 0 Å². The van der Waals surface area contributed by atoms with E-state index in [1.165, 1.54) is 0 Å². The van der Waals surface area contributed by atoms with Gasteiger partial charge in [0.2, 0.25) is 0 Å². The summed E-state index contributed by atoms with van der Waals surface area (Å²) >= 11 is 0. The van der Waals surface area contributed by atoms with Crippen molar-refractivity contribution in [1.29, 1.82) is 0 Å². The van der Waals surface area contributed by atoms with E-state index < -0.39 is 6.10 Å². The topological polar surface area (TPSA) is 37.3 Å². The summed E-state index contributed by atoms with van der Waals surface area (Å²) in [4.78, 5) is 11.1. The van der Waals surface area contributed by atoms with Crippen molar-refractivity contribution in [3.05, 3.63) is 11.6 Å². The van der Waals surface area contributed by atoms with Crippen LogP contribution in [0.4, 0.5) is 0 Å². The minimum atomic E-state index is -0.505. The van der Waals surface area contributed by atoms with Crippen LogP contribution >= 0.6 is 0 Å². The number of hydrogen-bond donors (Lipinski definition) is 1. The Morgan fingerprint density at radius 3 is 2.91 bits per heavy atom. The average molecular weight is 154 g/mol. The zero-order chi connectivity index (χ0) is 8.27. The largest absolute Gasteiger partial charge is 0.389 e. The second-order valence-electron chi connectivity index (χ2n) is 2.99. The van der Waals surface area contributed by atoms with Crippen molar-refractivity contribution in [1.82, 2.24) is 0 Å². The maximum Gasteiger partial charge on any atom is 0.161 e. The van der Waals surface area contributed by atoms with Crippen LogP contribution in [-0.4, -0.2) is 17.0 Å². The average Bonchev–Trinajstić information content (AvgIpc) is 2.26. The summed E-state index contributed by atoms with van der Waals surface area (Å²) in [6.45, 7) is 2.09. The Balaban J connectivity index is 2.43. The van der Waals surface area contributed by atoms with Crippen LogP contribution in [0.15, 0.2) is 11.6 Å². The molecule has 0 saturated heterocycles. The summed E-state index contributed by atoms with van der Waals surface area (Å²) in [5.74, 6) is 0.131. The lowest BCUT2D eigenvalue weighted by molar-refractivity contribution is -0.115. The lowest BCUT2D eigenvalue weighted by Crippen LogP contribution is -2.01. The third kappa shape index (κ3) is 2.15. The SMILES string of the molecule is CCCCC1=CC(O)CC1=O. The Hall–Kier alpha value is -0.630. The van der Waals surface area contributed by atoms with Gasteiger partial charge in [0.15, 0.2) is 5.78 Å². The van der Waals surface area contributed by atoms with Crippen molar-refractivity contribution in [2.45, 2.75) is 38.7 Å². The molecule has 0 heterocycles. The molecule has 1 unspecified atom stereocenters. The molecule has 0 amide bonds. The van der Waals surface area contributed by atoms with Gasteiger partial charge in [0, 0.05) is 6.42 Å². The number of carbonyl (C=O) groups excluding carboxylic acids is 1. The van der Waals surface area contributed by atoms with E-state index in [2.05, 4.69) is 6.92 Å². The van der Waals surface area contributed by atoms with E-state index in [-0.39, 0.29) is 5.78 Å². The molecule has 0 spiro atoms. The Morgan fingerprint density at radius 2 is 2.45 bits per heavy atom. The first kappa shape index (κ1) is 8.47. The number of hydrogen-bond acceptors (Lipinski definition) is 2. The zero-order valence-corrected chi connectivity index (χ0v) is 6.84. The molecule has 1 atom stereocenters. The Kier molecular flexibility index (Phi) is 2.83. The Bertz CT molecular complexity index is 182. The highest BCUT2D eigenvalue weighted by molar-refractivity contribution is 5.98. The second kappa shape index (κ2) is 3.67. The molecule has 0 fully saturated rings. The first-order valence-electron chi connectivity index (χ1n) is 4.16. The molecule has 1 rings (SSSR count). The molecule has 0 radical (unpaired) electrons. The van der Waals surface area contributed by atoms with Crippen LogP contribution in [0, 0.1) is 0 Å². The molecule has 0 aromatic heterocycles. The van der Waals surface area contributed by atoms with Gasteiger partial charge in [-0.1, -0.05) is 13.3 Å². The summed E-state index contributed by atoms with van der Waals surface area (Å²) < 4.78 is 0. The highest BCUT2D eigenvalue weighted by Gasteiger charge is 2.20. The Morgan fingerprint density at radius 1 is 1.73 bits per heavy atom. The van der Waals surface area contributed by atoms with Crippen LogP contribution < -0.4 is 0 Å². The minimum absolute atomic E-state index is 0.131. The van der Waals surface area contributed by atoms with Gasteiger partial charge >= 0.3 is 0 Å². The summed E-state index contributed by atoms with van der Waals surface area (Å²) in [6.07, 6.45) is 4.48. The van der Waals surface area contributed by atoms with Crippen LogP contribution in [0.5, 0.6) is 0 Å². The van der Waals surface area contributed by atoms with Gasteiger partial charge in [0.25, 0.3) is 0 Å². The van der Waals surface area contributed by atoms with Gasteiger partial charge in [0.1, 0.15) is 0 Å². The highest BCUT2D eigenvalue weighted by Crippen LogP contribution is 2.19. The number of unbranched alkanes of at least 4 members (excludes halogenated alkanes) is 1. The number of allylic oxidation sites excluding steroid dienone is 1. The first-order chi connectivity index (χ1) is 5.24. The molecule has 0 aromatic carbocycles. The van der Waals surface area contributed by atoms with Crippen LogP contribution in [0.2, 0.25) is 0 Å². The van der Waals surface area contributed by atoms with Crippen molar-refractivity contribution < 1.29 is 9.90 Å². The Labute approximate surface area is 66.9 Å². The molecule has 0 bridgehead atoms. The summed E-state index contributed by atoms with van der Waals surface area (Å²) in [6, 6.07) is 0. The lowest BCUT2D eigenvalue weighted by Gasteiger charge is -1.95. The van der Waals surface area contributed by atoms with E-state index >= 15 is 0 Å². The van der Waals surface area contributed by atoms with Crippen LogP contribution in [-0.2, 0) is 4.79 Å². The quantitative estimate of drug-likeness (QED) is 0.667. The predicted octanol–water partition coefficient (Wildman–Crippen LogP) is 1.44. The van der Waals surface area contributed by atoms with Crippen LogP contribution in [0.1, 0.15) is 32.6 Å². The molecule has 0 aromatic rings. The normalized spacial score (nSPS) is 24.0. The van der Waals surface area contributed by atoms with E-state index in [9.17, 15) is 4.79 Å². The fourth-order valence-electron chi connectivity index (χ4n) is 1.30. The van der Waals surface area contributed by atoms with Crippen molar-refractivity contribution >= 4 is 5.78 Å². The summed E-state index contributed by atoms with van der Waals surface area (Å²) in [5, 5.41) is 9.07. The maximum atomic E-state index is 11.1. The molecule has 2 nitrogen and oxygen atoms in total. The monoisotopic (exact) mass is 154 g/mol. The van der Waals surface area contributed by atoms with Crippen molar-refractivity contribution in [3.63, 3.8) is 0 Å². The molecular formula is C9H14O2. The number of rotatable bonds is 3. The standard InChI is InChI=1S/C9H14O2/c1-2-3-4-7-5-8(10)6-9(7)11/h5,8,10H,2-4,6H2,1H3. The summed E-state index contributed by atoms with van der Waals surface area (Å²) in [5.41, 5.74) is 0.833. The van der Waals surface area contributed by atoms with E-state index in [0.29, 0.717) is 6.42 Å². The fraction of sp³-hybridized carbons (Fsp3) is 0.667. The van der Waals surface area contributed by atoms with E-state index in [1.807, 2.05) is 0 Å². The molecule has 0 aliphatic heterocycles. The van der Waals surface area contributed by atoms with E-state index in [0.717, 1.165) is 24.8 Å². The smallest absolute Gasteiger partial charge is 0.161 e. The first-order valence-corrected chi connectivity index (χ1v) is 4.16. The minimum Gasteiger partial charge on any atom is -0.389 e. The van der Waals surface area contributed by atoms with Crippen LogP contribution in [0.25, 0.3) is 0 Å². The molecule has 2 heteroatoms. The molecular weight excluding hydrogens is 140 g/mol. The predicted molar refractivity (Wildman–Crippen MR) is 43.2 cm³/mol. The van der Waals surface area contributed by atoms with E-state index in [4.69, 9.17) is 5.11 Å². The van der Waals surface area contributed by atoms with Crippen molar-refractivity contribution in [2.24, 2.45) is 0 Å². The summed E-state index contributed by atoms with van der Waals surface area (Å²) in [7, 11) is 0.